The Kier molecular flexibility index (Phi) is 3.60. The van der Waals surface area contributed by atoms with Crippen molar-refractivity contribution in [1.82, 2.24) is 20.3 Å². The van der Waals surface area contributed by atoms with E-state index in [1.807, 2.05) is 6.07 Å². The maximum absolute atomic E-state index is 5.45. The second-order valence-electron chi connectivity index (χ2n) is 4.74. The highest BCUT2D eigenvalue weighted by Crippen LogP contribution is 2.17. The van der Waals surface area contributed by atoms with Gasteiger partial charge in [-0.1, -0.05) is 18.2 Å². The Bertz CT molecular complexity index is 687. The molecule has 5 nitrogen and oxygen atoms in total. The number of nitrogens with one attached hydrogen (secondary N) is 2. The van der Waals surface area contributed by atoms with Crippen LogP contribution in [0.2, 0.25) is 0 Å². The molecular weight excluding hydrogens is 250 g/mol. The lowest BCUT2D eigenvalue weighted by molar-refractivity contribution is 0.685. The fourth-order valence-corrected chi connectivity index (χ4v) is 2.25. The lowest BCUT2D eigenvalue weighted by Crippen LogP contribution is -2.17. The van der Waals surface area contributed by atoms with E-state index in [-0.39, 0.29) is 0 Å². The van der Waals surface area contributed by atoms with E-state index in [0.29, 0.717) is 5.95 Å². The average Bonchev–Trinajstić information content (AvgIpc) is 2.89. The van der Waals surface area contributed by atoms with Crippen molar-refractivity contribution in [2.45, 2.75) is 13.0 Å². The largest absolute Gasteiger partial charge is 0.368 e. The number of anilines is 1. The second kappa shape index (κ2) is 5.71. The molecule has 0 atom stereocenters. The summed E-state index contributed by atoms with van der Waals surface area (Å²) in [5.41, 5.74) is 9.02. The third-order valence-electron chi connectivity index (χ3n) is 3.30. The minimum Gasteiger partial charge on any atom is -0.368 e. The Morgan fingerprint density at radius 1 is 1.15 bits per heavy atom. The van der Waals surface area contributed by atoms with Gasteiger partial charge in [-0.2, -0.15) is 0 Å². The van der Waals surface area contributed by atoms with E-state index in [4.69, 9.17) is 5.73 Å². The Hall–Kier alpha value is -2.40. The van der Waals surface area contributed by atoms with Gasteiger partial charge in [0.05, 0.1) is 0 Å². The minimum atomic E-state index is 0.313. The van der Waals surface area contributed by atoms with E-state index >= 15 is 0 Å². The van der Waals surface area contributed by atoms with Gasteiger partial charge in [-0.15, -0.1) is 0 Å². The molecule has 0 saturated heterocycles. The molecule has 0 bridgehead atoms. The number of nitrogens with two attached hydrogens (primary N) is 1. The van der Waals surface area contributed by atoms with E-state index in [9.17, 15) is 0 Å². The van der Waals surface area contributed by atoms with Crippen LogP contribution in [0.5, 0.6) is 0 Å². The first-order valence-electron chi connectivity index (χ1n) is 6.65. The van der Waals surface area contributed by atoms with E-state index < -0.39 is 0 Å². The predicted molar refractivity (Wildman–Crippen MR) is 80.2 cm³/mol. The van der Waals surface area contributed by atoms with Gasteiger partial charge < -0.3 is 16.0 Å². The van der Waals surface area contributed by atoms with Crippen LogP contribution in [0.3, 0.4) is 0 Å². The van der Waals surface area contributed by atoms with Crippen LogP contribution in [0.25, 0.3) is 10.9 Å². The molecule has 0 fully saturated rings. The van der Waals surface area contributed by atoms with Gasteiger partial charge in [0.2, 0.25) is 5.95 Å². The zero-order valence-corrected chi connectivity index (χ0v) is 11.1. The summed E-state index contributed by atoms with van der Waals surface area (Å²) < 4.78 is 0. The molecule has 0 spiro atoms. The summed E-state index contributed by atoms with van der Waals surface area (Å²) >= 11 is 0. The normalized spacial score (nSPS) is 11.0. The van der Waals surface area contributed by atoms with Crippen molar-refractivity contribution in [3.63, 3.8) is 0 Å². The molecule has 0 saturated carbocycles. The number of aromatic amines is 1. The molecule has 0 aliphatic heterocycles. The van der Waals surface area contributed by atoms with Crippen molar-refractivity contribution < 1.29 is 0 Å². The first-order chi connectivity index (χ1) is 9.83. The SMILES string of the molecule is Nc1ncc(CNCCc2c[nH]c3ccccc23)cn1. The first-order valence-corrected chi connectivity index (χ1v) is 6.65. The van der Waals surface area contributed by atoms with Crippen LogP contribution < -0.4 is 11.1 Å². The van der Waals surface area contributed by atoms with Crippen molar-refractivity contribution in [2.75, 3.05) is 12.3 Å². The fourth-order valence-electron chi connectivity index (χ4n) is 2.25. The van der Waals surface area contributed by atoms with Crippen molar-refractivity contribution >= 4 is 16.9 Å². The molecule has 5 heteroatoms. The van der Waals surface area contributed by atoms with Crippen molar-refractivity contribution in [2.24, 2.45) is 0 Å². The van der Waals surface area contributed by atoms with E-state index in [2.05, 4.69) is 44.7 Å². The van der Waals surface area contributed by atoms with Gasteiger partial charge in [-0.05, 0) is 24.6 Å². The van der Waals surface area contributed by atoms with Crippen molar-refractivity contribution in [3.05, 3.63) is 54.0 Å². The highest BCUT2D eigenvalue weighted by Gasteiger charge is 2.02. The van der Waals surface area contributed by atoms with Crippen LogP contribution in [-0.2, 0) is 13.0 Å². The number of benzene rings is 1. The van der Waals surface area contributed by atoms with Crippen LogP contribution in [0, 0.1) is 0 Å². The molecule has 0 aliphatic carbocycles. The smallest absolute Gasteiger partial charge is 0.219 e. The number of aromatic nitrogens is 3. The Balaban J connectivity index is 1.54. The van der Waals surface area contributed by atoms with Crippen LogP contribution in [0.15, 0.2) is 42.9 Å². The van der Waals surface area contributed by atoms with Gasteiger partial charge in [0.15, 0.2) is 0 Å². The number of hydrogen-bond acceptors (Lipinski definition) is 4. The van der Waals surface area contributed by atoms with E-state index in [1.165, 1.54) is 16.5 Å². The Morgan fingerprint density at radius 3 is 2.80 bits per heavy atom. The zero-order chi connectivity index (χ0) is 13.8. The van der Waals surface area contributed by atoms with Gasteiger partial charge >= 0.3 is 0 Å². The molecule has 2 heterocycles. The fraction of sp³-hybridized carbons (Fsp3) is 0.200. The molecule has 0 radical (unpaired) electrons. The predicted octanol–water partition coefficient (Wildman–Crippen LogP) is 1.87. The highest BCUT2D eigenvalue weighted by molar-refractivity contribution is 5.83. The van der Waals surface area contributed by atoms with Gasteiger partial charge in [-0.3, -0.25) is 0 Å². The van der Waals surface area contributed by atoms with E-state index in [1.54, 1.807) is 12.4 Å². The molecule has 3 aromatic rings. The van der Waals surface area contributed by atoms with Crippen molar-refractivity contribution in [1.29, 1.82) is 0 Å². The summed E-state index contributed by atoms with van der Waals surface area (Å²) in [6.07, 6.45) is 6.57. The molecule has 0 aliphatic rings. The molecular formula is C15H17N5. The molecule has 2 aromatic heterocycles. The van der Waals surface area contributed by atoms with Gasteiger partial charge in [0.1, 0.15) is 0 Å². The summed E-state index contributed by atoms with van der Waals surface area (Å²) in [4.78, 5) is 11.2. The molecule has 0 amide bonds. The third kappa shape index (κ3) is 2.78. The molecule has 3 rings (SSSR count). The number of para-hydroxylation sites is 1. The molecule has 1 aromatic carbocycles. The highest BCUT2D eigenvalue weighted by atomic mass is 15.0. The summed E-state index contributed by atoms with van der Waals surface area (Å²) in [6.45, 7) is 1.66. The number of nitrogens with zero attached hydrogens (tertiary/aromatic N) is 2. The minimum absolute atomic E-state index is 0.313. The van der Waals surface area contributed by atoms with Crippen LogP contribution in [0.1, 0.15) is 11.1 Å². The van der Waals surface area contributed by atoms with Crippen LogP contribution >= 0.6 is 0 Å². The van der Waals surface area contributed by atoms with Gasteiger partial charge in [0, 0.05) is 41.6 Å². The quantitative estimate of drug-likeness (QED) is 0.617. The lowest BCUT2D eigenvalue weighted by atomic mass is 10.1. The second-order valence-corrected chi connectivity index (χ2v) is 4.74. The van der Waals surface area contributed by atoms with E-state index in [0.717, 1.165) is 25.1 Å². The number of fused-ring (bicyclic) bond motifs is 1. The average molecular weight is 267 g/mol. The molecule has 20 heavy (non-hydrogen) atoms. The number of H-pyrrole nitrogens is 1. The summed E-state index contributed by atoms with van der Waals surface area (Å²) in [6, 6.07) is 8.35. The summed E-state index contributed by atoms with van der Waals surface area (Å²) in [5, 5.41) is 4.69. The Morgan fingerprint density at radius 2 is 1.95 bits per heavy atom. The maximum Gasteiger partial charge on any atom is 0.219 e. The van der Waals surface area contributed by atoms with Crippen LogP contribution in [-0.4, -0.2) is 21.5 Å². The number of nitrogen functional groups attached to an aromatic ring is 1. The zero-order valence-electron chi connectivity index (χ0n) is 11.1. The number of hydrogen-bond donors (Lipinski definition) is 3. The number of rotatable bonds is 5. The molecule has 102 valence electrons. The Labute approximate surface area is 117 Å². The standard InChI is InChI=1S/C15H17N5/c16-15-19-8-11(9-20-15)7-17-6-5-12-10-18-14-4-2-1-3-13(12)14/h1-4,8-10,17-18H,5-7H2,(H2,16,19,20). The lowest BCUT2D eigenvalue weighted by Gasteiger charge is -2.04. The first kappa shape index (κ1) is 12.6. The van der Waals surface area contributed by atoms with Gasteiger partial charge in [0.25, 0.3) is 0 Å². The van der Waals surface area contributed by atoms with Gasteiger partial charge in [-0.25, -0.2) is 9.97 Å². The molecule has 4 N–H and O–H groups in total. The third-order valence-corrected chi connectivity index (χ3v) is 3.30. The van der Waals surface area contributed by atoms with Crippen molar-refractivity contribution in [3.8, 4) is 0 Å². The maximum atomic E-state index is 5.45. The summed E-state index contributed by atoms with van der Waals surface area (Å²) in [7, 11) is 0. The monoisotopic (exact) mass is 267 g/mol. The topological polar surface area (TPSA) is 79.6 Å². The molecule has 0 unspecified atom stereocenters. The summed E-state index contributed by atoms with van der Waals surface area (Å²) in [5.74, 6) is 0.313. The van der Waals surface area contributed by atoms with Crippen LogP contribution in [0.4, 0.5) is 5.95 Å².